The molecule has 1 nitrogen and oxygen atoms in total. The van der Waals surface area contributed by atoms with Crippen LogP contribution in [0.2, 0.25) is 8.67 Å². The Morgan fingerprint density at radius 3 is 2.25 bits per heavy atom. The lowest BCUT2D eigenvalue weighted by atomic mass is 9.99. The van der Waals surface area contributed by atoms with Gasteiger partial charge in [0.15, 0.2) is 0 Å². The third-order valence-electron chi connectivity index (χ3n) is 3.55. The van der Waals surface area contributed by atoms with Crippen molar-refractivity contribution in [3.63, 3.8) is 0 Å². The standard InChI is InChI=1S/C16H19Cl2NS/c1-9-5-6-10(2)13(7-9)11(3)19-12(4)14-8-15(17)20-16(14)18/h5-8,11-12,19H,1-4H3. The average molecular weight is 328 g/mol. The highest BCUT2D eigenvalue weighted by Gasteiger charge is 2.17. The zero-order valence-electron chi connectivity index (χ0n) is 12.1. The summed E-state index contributed by atoms with van der Waals surface area (Å²) in [5, 5.41) is 3.60. The van der Waals surface area contributed by atoms with Gasteiger partial charge in [0.2, 0.25) is 0 Å². The molecule has 2 aromatic rings. The first-order valence-corrected chi connectivity index (χ1v) is 8.23. The second kappa shape index (κ2) is 6.48. The van der Waals surface area contributed by atoms with Crippen molar-refractivity contribution in [3.8, 4) is 0 Å². The summed E-state index contributed by atoms with van der Waals surface area (Å²) in [5.41, 5.74) is 4.98. The Hall–Kier alpha value is -0.540. The van der Waals surface area contributed by atoms with E-state index in [2.05, 4.69) is 51.2 Å². The fourth-order valence-corrected chi connectivity index (χ4v) is 4.07. The molecule has 0 amide bonds. The maximum Gasteiger partial charge on any atom is 0.0991 e. The molecule has 1 aromatic heterocycles. The maximum absolute atomic E-state index is 6.22. The van der Waals surface area contributed by atoms with E-state index in [0.29, 0.717) is 0 Å². The third kappa shape index (κ3) is 3.56. The van der Waals surface area contributed by atoms with Crippen molar-refractivity contribution in [2.75, 3.05) is 0 Å². The molecule has 0 saturated heterocycles. The lowest BCUT2D eigenvalue weighted by Gasteiger charge is -2.22. The van der Waals surface area contributed by atoms with Gasteiger partial charge in [-0.1, -0.05) is 47.0 Å². The first-order valence-electron chi connectivity index (χ1n) is 6.66. The van der Waals surface area contributed by atoms with Crippen molar-refractivity contribution in [2.45, 2.75) is 39.8 Å². The number of hydrogen-bond donors (Lipinski definition) is 1. The molecule has 1 aromatic carbocycles. The number of hydrogen-bond acceptors (Lipinski definition) is 2. The van der Waals surface area contributed by atoms with E-state index >= 15 is 0 Å². The van der Waals surface area contributed by atoms with Gasteiger partial charge in [0.05, 0.1) is 8.67 Å². The average Bonchev–Trinajstić information content (AvgIpc) is 2.71. The Morgan fingerprint density at radius 2 is 1.65 bits per heavy atom. The Balaban J connectivity index is 2.17. The summed E-state index contributed by atoms with van der Waals surface area (Å²) in [6.45, 7) is 8.56. The molecule has 0 fully saturated rings. The van der Waals surface area contributed by atoms with Crippen LogP contribution in [0.25, 0.3) is 0 Å². The summed E-state index contributed by atoms with van der Waals surface area (Å²) in [6, 6.07) is 8.93. The highest BCUT2D eigenvalue weighted by atomic mass is 35.5. The van der Waals surface area contributed by atoms with Crippen molar-refractivity contribution in [1.29, 1.82) is 0 Å². The fraction of sp³-hybridized carbons (Fsp3) is 0.375. The smallest absolute Gasteiger partial charge is 0.0991 e. The first kappa shape index (κ1) is 15.8. The molecule has 2 unspecified atom stereocenters. The Kier molecular flexibility index (Phi) is 5.14. The van der Waals surface area contributed by atoms with E-state index in [1.807, 2.05) is 6.07 Å². The van der Waals surface area contributed by atoms with Crippen LogP contribution in [0.1, 0.15) is 48.2 Å². The van der Waals surface area contributed by atoms with Crippen LogP contribution >= 0.6 is 34.5 Å². The maximum atomic E-state index is 6.22. The van der Waals surface area contributed by atoms with Gasteiger partial charge in [0.25, 0.3) is 0 Å². The van der Waals surface area contributed by atoms with Crippen molar-refractivity contribution in [1.82, 2.24) is 5.32 Å². The first-order chi connectivity index (χ1) is 9.38. The van der Waals surface area contributed by atoms with E-state index in [9.17, 15) is 0 Å². The van der Waals surface area contributed by atoms with E-state index in [4.69, 9.17) is 23.2 Å². The molecular weight excluding hydrogens is 309 g/mol. The molecule has 2 atom stereocenters. The summed E-state index contributed by atoms with van der Waals surface area (Å²) >= 11 is 13.7. The van der Waals surface area contributed by atoms with Gasteiger partial charge in [0.1, 0.15) is 0 Å². The molecular formula is C16H19Cl2NS. The quantitative estimate of drug-likeness (QED) is 0.717. The molecule has 0 spiro atoms. The molecule has 1 heterocycles. The van der Waals surface area contributed by atoms with Crippen LogP contribution in [0.4, 0.5) is 0 Å². The number of benzene rings is 1. The number of rotatable bonds is 4. The molecule has 0 saturated carbocycles. The van der Waals surface area contributed by atoms with Crippen LogP contribution in [-0.2, 0) is 0 Å². The van der Waals surface area contributed by atoms with E-state index in [1.54, 1.807) is 0 Å². The minimum Gasteiger partial charge on any atom is -0.304 e. The van der Waals surface area contributed by atoms with Crippen molar-refractivity contribution in [2.24, 2.45) is 0 Å². The largest absolute Gasteiger partial charge is 0.304 e. The SMILES string of the molecule is Cc1ccc(C)c(C(C)NC(C)c2cc(Cl)sc2Cl)c1. The monoisotopic (exact) mass is 327 g/mol. The zero-order chi connectivity index (χ0) is 14.9. The van der Waals surface area contributed by atoms with E-state index in [1.165, 1.54) is 28.0 Å². The van der Waals surface area contributed by atoms with Crippen molar-refractivity contribution >= 4 is 34.5 Å². The molecule has 0 bridgehead atoms. The highest BCUT2D eigenvalue weighted by Crippen LogP contribution is 2.35. The predicted molar refractivity (Wildman–Crippen MR) is 90.2 cm³/mol. The van der Waals surface area contributed by atoms with Crippen LogP contribution in [-0.4, -0.2) is 0 Å². The van der Waals surface area contributed by atoms with Crippen LogP contribution in [0.3, 0.4) is 0 Å². The molecule has 2 rings (SSSR count). The van der Waals surface area contributed by atoms with Gasteiger partial charge in [-0.15, -0.1) is 11.3 Å². The Labute approximate surface area is 134 Å². The number of halogens is 2. The molecule has 1 N–H and O–H groups in total. The minimum absolute atomic E-state index is 0.168. The number of nitrogens with one attached hydrogen (secondary N) is 1. The lowest BCUT2D eigenvalue weighted by Crippen LogP contribution is -2.23. The van der Waals surface area contributed by atoms with E-state index in [0.717, 1.165) is 14.2 Å². The third-order valence-corrected chi connectivity index (χ3v) is 5.07. The molecule has 0 aliphatic rings. The Morgan fingerprint density at radius 1 is 1.00 bits per heavy atom. The highest BCUT2D eigenvalue weighted by molar-refractivity contribution is 7.20. The normalized spacial score (nSPS) is 14.3. The van der Waals surface area contributed by atoms with Gasteiger partial charge in [-0.3, -0.25) is 0 Å². The number of aryl methyl sites for hydroxylation is 2. The lowest BCUT2D eigenvalue weighted by molar-refractivity contribution is 0.494. The molecule has 0 aliphatic carbocycles. The summed E-state index contributed by atoms with van der Waals surface area (Å²) < 4.78 is 1.50. The topological polar surface area (TPSA) is 12.0 Å². The fourth-order valence-electron chi connectivity index (χ4n) is 2.43. The predicted octanol–water partition coefficient (Wildman–Crippen LogP) is 6.08. The van der Waals surface area contributed by atoms with Crippen molar-refractivity contribution < 1.29 is 0 Å². The summed E-state index contributed by atoms with van der Waals surface area (Å²) in [7, 11) is 0. The van der Waals surface area contributed by atoms with Crippen LogP contribution < -0.4 is 5.32 Å². The van der Waals surface area contributed by atoms with Gasteiger partial charge >= 0.3 is 0 Å². The van der Waals surface area contributed by atoms with Crippen LogP contribution in [0.5, 0.6) is 0 Å². The second-order valence-corrected chi connectivity index (χ2v) is 7.54. The van der Waals surface area contributed by atoms with E-state index < -0.39 is 0 Å². The van der Waals surface area contributed by atoms with E-state index in [-0.39, 0.29) is 12.1 Å². The summed E-state index contributed by atoms with van der Waals surface area (Å²) in [5.74, 6) is 0. The van der Waals surface area contributed by atoms with Gasteiger partial charge in [-0.25, -0.2) is 0 Å². The molecule has 0 radical (unpaired) electrons. The Bertz CT molecular complexity index is 607. The van der Waals surface area contributed by atoms with Gasteiger partial charge in [-0.05, 0) is 50.5 Å². The van der Waals surface area contributed by atoms with Crippen LogP contribution in [0.15, 0.2) is 24.3 Å². The van der Waals surface area contributed by atoms with Gasteiger partial charge in [-0.2, -0.15) is 0 Å². The molecule has 20 heavy (non-hydrogen) atoms. The summed E-state index contributed by atoms with van der Waals surface area (Å²) in [6.07, 6.45) is 0. The zero-order valence-corrected chi connectivity index (χ0v) is 14.5. The second-order valence-electron chi connectivity index (χ2n) is 5.25. The molecule has 108 valence electrons. The van der Waals surface area contributed by atoms with Crippen molar-refractivity contribution in [3.05, 3.63) is 55.2 Å². The number of thiophene rings is 1. The minimum atomic E-state index is 0.168. The summed E-state index contributed by atoms with van der Waals surface area (Å²) in [4.78, 5) is 0. The van der Waals surface area contributed by atoms with Crippen LogP contribution in [0, 0.1) is 13.8 Å². The molecule has 4 heteroatoms. The molecule has 0 aliphatic heterocycles. The van der Waals surface area contributed by atoms with Gasteiger partial charge in [0, 0.05) is 12.1 Å². The van der Waals surface area contributed by atoms with Gasteiger partial charge < -0.3 is 5.32 Å².